The molecule has 0 saturated heterocycles. The zero-order chi connectivity index (χ0) is 13.9. The Morgan fingerprint density at radius 1 is 1.32 bits per heavy atom. The van der Waals surface area contributed by atoms with Crippen molar-refractivity contribution in [2.75, 3.05) is 0 Å². The van der Waals surface area contributed by atoms with Crippen LogP contribution in [0.3, 0.4) is 0 Å². The molecule has 2 rings (SSSR count). The number of hydrogen-bond donors (Lipinski definition) is 1. The van der Waals surface area contributed by atoms with Crippen molar-refractivity contribution >= 4 is 0 Å². The van der Waals surface area contributed by atoms with Crippen LogP contribution in [-0.4, -0.2) is 11.1 Å². The number of hydrogen-bond acceptors (Lipinski definition) is 3. The van der Waals surface area contributed by atoms with E-state index in [0.29, 0.717) is 0 Å². The van der Waals surface area contributed by atoms with Gasteiger partial charge in [0.05, 0.1) is 12.3 Å². The lowest BCUT2D eigenvalue weighted by molar-refractivity contribution is 0.240. The summed E-state index contributed by atoms with van der Waals surface area (Å²) in [6.45, 7) is 6.37. The quantitative estimate of drug-likeness (QED) is 0.846. The third kappa shape index (κ3) is 3.69. The molecule has 1 aromatic heterocycles. The van der Waals surface area contributed by atoms with Gasteiger partial charge in [-0.2, -0.15) is 0 Å². The van der Waals surface area contributed by atoms with Gasteiger partial charge in [0.1, 0.15) is 5.75 Å². The Morgan fingerprint density at radius 2 is 2.11 bits per heavy atom. The van der Waals surface area contributed by atoms with E-state index < -0.39 is 0 Å². The van der Waals surface area contributed by atoms with Crippen LogP contribution in [0.2, 0.25) is 0 Å². The summed E-state index contributed by atoms with van der Waals surface area (Å²) in [6, 6.07) is 2.07. The molecular formula is C16H26N2O. The molecule has 106 valence electrons. The molecule has 3 nitrogen and oxygen atoms in total. The topological polar surface area (TPSA) is 48.1 Å². The Bertz CT molecular complexity index is 419. The molecule has 0 aliphatic heterocycles. The van der Waals surface area contributed by atoms with Crippen molar-refractivity contribution in [2.24, 2.45) is 11.7 Å². The van der Waals surface area contributed by atoms with E-state index in [1.807, 2.05) is 20.0 Å². The molecule has 1 aliphatic rings. The van der Waals surface area contributed by atoms with Crippen molar-refractivity contribution in [1.29, 1.82) is 0 Å². The maximum absolute atomic E-state index is 6.65. The van der Waals surface area contributed by atoms with Crippen LogP contribution in [0, 0.1) is 5.92 Å². The summed E-state index contributed by atoms with van der Waals surface area (Å²) in [5.41, 5.74) is 7.54. The Hall–Kier alpha value is -1.09. The highest BCUT2D eigenvalue weighted by Crippen LogP contribution is 2.36. The van der Waals surface area contributed by atoms with Crippen molar-refractivity contribution in [3.05, 3.63) is 24.0 Å². The van der Waals surface area contributed by atoms with Gasteiger partial charge < -0.3 is 10.5 Å². The molecule has 19 heavy (non-hydrogen) atoms. The molecule has 2 unspecified atom stereocenters. The zero-order valence-corrected chi connectivity index (χ0v) is 12.4. The molecule has 1 aliphatic carbocycles. The van der Waals surface area contributed by atoms with Crippen molar-refractivity contribution in [3.63, 3.8) is 0 Å². The van der Waals surface area contributed by atoms with Gasteiger partial charge in [-0.05, 0) is 50.7 Å². The predicted molar refractivity (Wildman–Crippen MR) is 78.1 cm³/mol. The third-order valence-corrected chi connectivity index (χ3v) is 4.06. The van der Waals surface area contributed by atoms with Crippen molar-refractivity contribution in [1.82, 2.24) is 4.98 Å². The maximum Gasteiger partial charge on any atom is 0.138 e. The van der Waals surface area contributed by atoms with Crippen LogP contribution in [0.5, 0.6) is 5.75 Å². The smallest absolute Gasteiger partial charge is 0.138 e. The average molecular weight is 262 g/mol. The highest BCUT2D eigenvalue weighted by atomic mass is 16.5. The first kappa shape index (κ1) is 14.3. The second kappa shape index (κ2) is 5.91. The van der Waals surface area contributed by atoms with Crippen LogP contribution in [0.25, 0.3) is 0 Å². The molecule has 1 saturated carbocycles. The number of nitrogens with zero attached hydrogens (tertiary/aromatic N) is 1. The molecule has 2 atom stereocenters. The highest BCUT2D eigenvalue weighted by molar-refractivity contribution is 5.29. The monoisotopic (exact) mass is 262 g/mol. The van der Waals surface area contributed by atoms with Crippen LogP contribution >= 0.6 is 0 Å². The molecule has 1 fully saturated rings. The second-order valence-electron chi connectivity index (χ2n) is 6.27. The molecule has 0 radical (unpaired) electrons. The first-order chi connectivity index (χ1) is 8.99. The minimum Gasteiger partial charge on any atom is -0.489 e. The highest BCUT2D eigenvalue weighted by Gasteiger charge is 2.30. The van der Waals surface area contributed by atoms with Gasteiger partial charge >= 0.3 is 0 Å². The molecule has 1 aromatic rings. The average Bonchev–Trinajstić information content (AvgIpc) is 2.52. The second-order valence-corrected chi connectivity index (χ2v) is 6.27. The van der Waals surface area contributed by atoms with E-state index in [1.165, 1.54) is 19.3 Å². The van der Waals surface area contributed by atoms with E-state index in [1.54, 1.807) is 6.20 Å². The normalized spacial score (nSPS) is 28.2. The van der Waals surface area contributed by atoms with Gasteiger partial charge in [-0.1, -0.05) is 19.8 Å². The van der Waals surface area contributed by atoms with Crippen LogP contribution in [0.15, 0.2) is 18.5 Å². The SMILES string of the molecule is CC1CCCC(N)(c2cncc(OC(C)C)c2)CC1. The minimum absolute atomic E-state index is 0.167. The van der Waals surface area contributed by atoms with E-state index in [4.69, 9.17) is 10.5 Å². The first-order valence-electron chi connectivity index (χ1n) is 7.41. The van der Waals surface area contributed by atoms with E-state index in [0.717, 1.165) is 30.1 Å². The van der Waals surface area contributed by atoms with Crippen molar-refractivity contribution in [3.8, 4) is 5.75 Å². The number of aromatic nitrogens is 1. The summed E-state index contributed by atoms with van der Waals surface area (Å²) in [5, 5.41) is 0. The molecule has 3 heteroatoms. The van der Waals surface area contributed by atoms with Gasteiger partial charge in [-0.3, -0.25) is 4.98 Å². The number of pyridine rings is 1. The lowest BCUT2D eigenvalue weighted by atomic mass is 9.84. The summed E-state index contributed by atoms with van der Waals surface area (Å²) in [5.74, 6) is 1.61. The fraction of sp³-hybridized carbons (Fsp3) is 0.688. The third-order valence-electron chi connectivity index (χ3n) is 4.06. The largest absolute Gasteiger partial charge is 0.489 e. The molecular weight excluding hydrogens is 236 g/mol. The van der Waals surface area contributed by atoms with Gasteiger partial charge in [0.15, 0.2) is 0 Å². The molecule has 1 heterocycles. The predicted octanol–water partition coefficient (Wildman–Crippen LogP) is 3.62. The fourth-order valence-electron chi connectivity index (χ4n) is 2.86. The number of rotatable bonds is 3. The van der Waals surface area contributed by atoms with E-state index in [9.17, 15) is 0 Å². The van der Waals surface area contributed by atoms with E-state index >= 15 is 0 Å². The van der Waals surface area contributed by atoms with Gasteiger partial charge in [0.2, 0.25) is 0 Å². The Balaban J connectivity index is 2.19. The van der Waals surface area contributed by atoms with Gasteiger partial charge in [-0.25, -0.2) is 0 Å². The molecule has 0 aromatic carbocycles. The summed E-state index contributed by atoms with van der Waals surface area (Å²) in [7, 11) is 0. The van der Waals surface area contributed by atoms with Gasteiger partial charge in [-0.15, -0.1) is 0 Å². The van der Waals surface area contributed by atoms with Gasteiger partial charge in [0, 0.05) is 11.7 Å². The van der Waals surface area contributed by atoms with E-state index in [-0.39, 0.29) is 11.6 Å². The van der Waals surface area contributed by atoms with Crippen LogP contribution < -0.4 is 10.5 Å². The number of ether oxygens (including phenoxy) is 1. The van der Waals surface area contributed by atoms with Crippen LogP contribution in [0.4, 0.5) is 0 Å². The lowest BCUT2D eigenvalue weighted by Gasteiger charge is -2.29. The Kier molecular flexibility index (Phi) is 4.46. The summed E-state index contributed by atoms with van der Waals surface area (Å²) in [6.07, 6.45) is 9.62. The summed E-state index contributed by atoms with van der Waals surface area (Å²) >= 11 is 0. The summed E-state index contributed by atoms with van der Waals surface area (Å²) < 4.78 is 5.72. The fourth-order valence-corrected chi connectivity index (χ4v) is 2.86. The molecule has 0 bridgehead atoms. The van der Waals surface area contributed by atoms with Gasteiger partial charge in [0.25, 0.3) is 0 Å². The van der Waals surface area contributed by atoms with Crippen molar-refractivity contribution in [2.45, 2.75) is 64.5 Å². The Labute approximate surface area is 116 Å². The Morgan fingerprint density at radius 3 is 2.84 bits per heavy atom. The summed E-state index contributed by atoms with van der Waals surface area (Å²) in [4.78, 5) is 4.30. The van der Waals surface area contributed by atoms with Crippen LogP contribution in [-0.2, 0) is 5.54 Å². The lowest BCUT2D eigenvalue weighted by Crippen LogP contribution is -2.36. The first-order valence-corrected chi connectivity index (χ1v) is 7.41. The van der Waals surface area contributed by atoms with E-state index in [2.05, 4.69) is 18.0 Å². The molecule has 0 amide bonds. The molecule has 2 N–H and O–H groups in total. The molecule has 0 spiro atoms. The minimum atomic E-state index is -0.228. The standard InChI is InChI=1S/C16H26N2O/c1-12(2)19-15-9-14(10-18-11-15)16(17)7-4-5-13(3)6-8-16/h9-13H,4-8,17H2,1-3H3. The number of nitrogens with two attached hydrogens (primary N) is 1. The van der Waals surface area contributed by atoms with Crippen molar-refractivity contribution < 1.29 is 4.74 Å². The maximum atomic E-state index is 6.65. The zero-order valence-electron chi connectivity index (χ0n) is 12.4. The van der Waals surface area contributed by atoms with Crippen LogP contribution in [0.1, 0.15) is 58.4 Å².